The third-order valence-electron chi connectivity index (χ3n) is 10.5. The van der Waals surface area contributed by atoms with E-state index in [9.17, 15) is 0 Å². The van der Waals surface area contributed by atoms with Gasteiger partial charge in [0, 0.05) is 33.1 Å². The van der Waals surface area contributed by atoms with Gasteiger partial charge in [-0.25, -0.2) is 0 Å². The van der Waals surface area contributed by atoms with E-state index in [1.807, 2.05) is 0 Å². The molecule has 0 amide bonds. The average molecular weight is 690 g/mol. The quantitative estimate of drug-likeness (QED) is 0.166. The number of nitrogens with zero attached hydrogens (tertiary/aromatic N) is 1. The van der Waals surface area contributed by atoms with Crippen LogP contribution in [0.1, 0.15) is 0 Å². The Labute approximate surface area is 314 Å². The van der Waals surface area contributed by atoms with Crippen molar-refractivity contribution in [3.8, 4) is 44.5 Å². The molecule has 10 rings (SSSR count). The van der Waals surface area contributed by atoms with Crippen LogP contribution >= 0.6 is 0 Å². The van der Waals surface area contributed by atoms with Crippen LogP contribution in [0.5, 0.6) is 0 Å². The molecule has 1 heterocycles. The minimum Gasteiger partial charge on any atom is -0.455 e. The van der Waals surface area contributed by atoms with Gasteiger partial charge in [-0.3, -0.25) is 0 Å². The van der Waals surface area contributed by atoms with E-state index < -0.39 is 0 Å². The third-order valence-corrected chi connectivity index (χ3v) is 10.5. The molecule has 0 spiro atoms. The summed E-state index contributed by atoms with van der Waals surface area (Å²) in [6, 6.07) is 75.8. The SMILES string of the molecule is c1ccc(-c2ccc(-c3ccc(N(c4ccc(-c5ccccc5)cc4)c4ccccc4-c4cccc5oc6c7ccccc7ccc6c45)cc3)cc2)cc1. The topological polar surface area (TPSA) is 16.4 Å². The summed E-state index contributed by atoms with van der Waals surface area (Å²) in [4.78, 5) is 2.38. The summed E-state index contributed by atoms with van der Waals surface area (Å²) in [7, 11) is 0. The van der Waals surface area contributed by atoms with Crippen LogP contribution in [0.3, 0.4) is 0 Å². The number of hydrogen-bond donors (Lipinski definition) is 0. The van der Waals surface area contributed by atoms with E-state index in [4.69, 9.17) is 4.42 Å². The van der Waals surface area contributed by atoms with Crippen molar-refractivity contribution in [1.29, 1.82) is 0 Å². The molecule has 0 N–H and O–H groups in total. The van der Waals surface area contributed by atoms with Crippen molar-refractivity contribution in [3.63, 3.8) is 0 Å². The van der Waals surface area contributed by atoms with Gasteiger partial charge in [0.2, 0.25) is 0 Å². The van der Waals surface area contributed by atoms with Crippen LogP contribution in [0.4, 0.5) is 17.1 Å². The van der Waals surface area contributed by atoms with Gasteiger partial charge in [0.05, 0.1) is 5.69 Å². The average Bonchev–Trinajstić information content (AvgIpc) is 3.65. The Bertz CT molecular complexity index is 2890. The van der Waals surface area contributed by atoms with Gasteiger partial charge in [0.25, 0.3) is 0 Å². The zero-order chi connectivity index (χ0) is 35.8. The van der Waals surface area contributed by atoms with Gasteiger partial charge < -0.3 is 9.32 Å². The molecule has 0 aliphatic carbocycles. The van der Waals surface area contributed by atoms with E-state index in [0.29, 0.717) is 0 Å². The lowest BCUT2D eigenvalue weighted by Gasteiger charge is -2.28. The molecule has 0 atom stereocenters. The number of anilines is 3. The summed E-state index contributed by atoms with van der Waals surface area (Å²) in [5.74, 6) is 0. The van der Waals surface area contributed by atoms with Crippen molar-refractivity contribution in [1.82, 2.24) is 0 Å². The van der Waals surface area contributed by atoms with Crippen molar-refractivity contribution >= 4 is 49.8 Å². The molecule has 0 saturated carbocycles. The molecular formula is C52H35NO. The number of hydrogen-bond acceptors (Lipinski definition) is 2. The van der Waals surface area contributed by atoms with Gasteiger partial charge in [-0.2, -0.15) is 0 Å². The Balaban J connectivity index is 1.11. The molecule has 254 valence electrons. The Morgan fingerprint density at radius 2 is 0.796 bits per heavy atom. The highest BCUT2D eigenvalue weighted by atomic mass is 16.3. The van der Waals surface area contributed by atoms with E-state index in [2.05, 4.69) is 217 Å². The van der Waals surface area contributed by atoms with Gasteiger partial charge in [0.15, 0.2) is 0 Å². The third kappa shape index (κ3) is 5.62. The van der Waals surface area contributed by atoms with Crippen molar-refractivity contribution in [2.45, 2.75) is 0 Å². The first-order chi connectivity index (χ1) is 26.8. The lowest BCUT2D eigenvalue weighted by molar-refractivity contribution is 0.673. The highest BCUT2D eigenvalue weighted by Gasteiger charge is 2.21. The minimum atomic E-state index is 0.884. The molecule has 9 aromatic carbocycles. The Morgan fingerprint density at radius 1 is 0.315 bits per heavy atom. The first kappa shape index (κ1) is 31.6. The minimum absolute atomic E-state index is 0.884. The van der Waals surface area contributed by atoms with Crippen LogP contribution in [0.15, 0.2) is 217 Å². The van der Waals surface area contributed by atoms with E-state index in [0.717, 1.165) is 55.5 Å². The molecule has 54 heavy (non-hydrogen) atoms. The molecule has 0 bridgehead atoms. The normalized spacial score (nSPS) is 11.3. The van der Waals surface area contributed by atoms with Crippen LogP contribution in [0.2, 0.25) is 0 Å². The molecule has 0 fully saturated rings. The van der Waals surface area contributed by atoms with Crippen LogP contribution in [0.25, 0.3) is 77.2 Å². The summed E-state index contributed by atoms with van der Waals surface area (Å²) in [6.45, 7) is 0. The molecule has 1 aromatic heterocycles. The Hall–Kier alpha value is -7.16. The monoisotopic (exact) mass is 689 g/mol. The first-order valence-corrected chi connectivity index (χ1v) is 18.4. The van der Waals surface area contributed by atoms with Crippen molar-refractivity contribution < 1.29 is 4.42 Å². The molecule has 0 aliphatic rings. The molecule has 0 unspecified atom stereocenters. The fourth-order valence-electron chi connectivity index (χ4n) is 7.82. The summed E-state index contributed by atoms with van der Waals surface area (Å²) >= 11 is 0. The number of rotatable bonds is 7. The van der Waals surface area contributed by atoms with Gasteiger partial charge >= 0.3 is 0 Å². The molecule has 0 radical (unpaired) electrons. The maximum absolute atomic E-state index is 6.63. The zero-order valence-corrected chi connectivity index (χ0v) is 29.6. The van der Waals surface area contributed by atoms with Gasteiger partial charge in [-0.15, -0.1) is 0 Å². The van der Waals surface area contributed by atoms with Crippen molar-refractivity contribution in [2.75, 3.05) is 4.90 Å². The Kier molecular flexibility index (Phi) is 7.85. The van der Waals surface area contributed by atoms with Crippen molar-refractivity contribution in [2.24, 2.45) is 0 Å². The number of para-hydroxylation sites is 1. The second-order valence-electron chi connectivity index (χ2n) is 13.7. The fourth-order valence-corrected chi connectivity index (χ4v) is 7.82. The smallest absolute Gasteiger partial charge is 0.143 e. The molecule has 2 nitrogen and oxygen atoms in total. The van der Waals surface area contributed by atoms with Gasteiger partial charge in [0.1, 0.15) is 11.2 Å². The lowest BCUT2D eigenvalue weighted by atomic mass is 9.96. The standard InChI is InChI=1S/C52H35NO/c1-3-12-36(13-4-1)38-22-24-39(25-23-38)41-28-33-44(34-29-41)53(43-31-26-40(27-32-43)37-14-5-2-6-15-37)49-20-10-9-18-46(49)47-19-11-21-50-51(47)48-35-30-42-16-7-8-17-45(42)52(48)54-50/h1-35H. The lowest BCUT2D eigenvalue weighted by Crippen LogP contribution is -2.11. The molecule has 10 aromatic rings. The maximum atomic E-state index is 6.63. The second-order valence-corrected chi connectivity index (χ2v) is 13.7. The van der Waals surface area contributed by atoms with E-state index in [-0.39, 0.29) is 0 Å². The molecule has 0 aliphatic heterocycles. The summed E-state index contributed by atoms with van der Waals surface area (Å²) in [5.41, 5.74) is 14.5. The summed E-state index contributed by atoms with van der Waals surface area (Å²) in [5, 5.41) is 4.54. The van der Waals surface area contributed by atoms with Crippen LogP contribution < -0.4 is 4.90 Å². The van der Waals surface area contributed by atoms with E-state index >= 15 is 0 Å². The van der Waals surface area contributed by atoms with Crippen LogP contribution in [-0.2, 0) is 0 Å². The van der Waals surface area contributed by atoms with Crippen LogP contribution in [0, 0.1) is 0 Å². The van der Waals surface area contributed by atoms with Crippen molar-refractivity contribution in [3.05, 3.63) is 212 Å². The largest absolute Gasteiger partial charge is 0.455 e. The van der Waals surface area contributed by atoms with E-state index in [1.54, 1.807) is 0 Å². The molecule has 2 heteroatoms. The highest BCUT2D eigenvalue weighted by molar-refractivity contribution is 6.19. The second kappa shape index (κ2) is 13.4. The molecule has 0 saturated heterocycles. The first-order valence-electron chi connectivity index (χ1n) is 18.4. The summed E-state index contributed by atoms with van der Waals surface area (Å²) < 4.78 is 6.63. The summed E-state index contributed by atoms with van der Waals surface area (Å²) in [6.07, 6.45) is 0. The van der Waals surface area contributed by atoms with Crippen LogP contribution in [-0.4, -0.2) is 0 Å². The van der Waals surface area contributed by atoms with Gasteiger partial charge in [-0.05, 0) is 86.8 Å². The van der Waals surface area contributed by atoms with E-state index in [1.165, 1.54) is 38.8 Å². The zero-order valence-electron chi connectivity index (χ0n) is 29.6. The highest BCUT2D eigenvalue weighted by Crippen LogP contribution is 2.46. The molecular weight excluding hydrogens is 655 g/mol. The predicted octanol–water partition coefficient (Wildman–Crippen LogP) is 14.9. The maximum Gasteiger partial charge on any atom is 0.143 e. The Morgan fingerprint density at radius 3 is 1.41 bits per heavy atom. The fraction of sp³-hybridized carbons (Fsp3) is 0. The van der Waals surface area contributed by atoms with Gasteiger partial charge in [-0.1, -0.05) is 170 Å². The predicted molar refractivity (Wildman–Crippen MR) is 228 cm³/mol. The number of furan rings is 1. The number of fused-ring (bicyclic) bond motifs is 5. The number of benzene rings is 9.